The van der Waals surface area contributed by atoms with Gasteiger partial charge in [0.2, 0.25) is 0 Å². The minimum atomic E-state index is 0.174. The Labute approximate surface area is 115 Å². The molecule has 98 valence electrons. The third-order valence-electron chi connectivity index (χ3n) is 4.35. The fourth-order valence-corrected chi connectivity index (χ4v) is 3.43. The normalized spacial score (nSPS) is 22.1. The Bertz CT molecular complexity index is 478. The fraction of sp³-hybridized carbons (Fsp3) is 0.333. The highest BCUT2D eigenvalue weighted by Gasteiger charge is 2.37. The Hall–Kier alpha value is -1.60. The minimum Gasteiger partial charge on any atom is -0.314 e. The zero-order chi connectivity index (χ0) is 13.1. The zero-order valence-electron chi connectivity index (χ0n) is 11.5. The molecule has 0 saturated carbocycles. The molecule has 1 atom stereocenters. The molecule has 1 aliphatic heterocycles. The van der Waals surface area contributed by atoms with Crippen LogP contribution in [0.2, 0.25) is 0 Å². The van der Waals surface area contributed by atoms with E-state index in [1.165, 1.54) is 24.0 Å². The molecule has 1 N–H and O–H groups in total. The van der Waals surface area contributed by atoms with Crippen LogP contribution in [0.3, 0.4) is 0 Å². The van der Waals surface area contributed by atoms with Gasteiger partial charge >= 0.3 is 0 Å². The van der Waals surface area contributed by atoms with Crippen LogP contribution in [-0.4, -0.2) is 12.6 Å². The van der Waals surface area contributed by atoms with Gasteiger partial charge < -0.3 is 5.32 Å². The highest BCUT2D eigenvalue weighted by Crippen LogP contribution is 2.41. The van der Waals surface area contributed by atoms with Crippen molar-refractivity contribution in [2.24, 2.45) is 0 Å². The molecule has 0 radical (unpaired) electrons. The summed E-state index contributed by atoms with van der Waals surface area (Å²) in [5.74, 6) is 0. The Kier molecular flexibility index (Phi) is 3.39. The van der Waals surface area contributed by atoms with E-state index in [9.17, 15) is 0 Å². The molecule has 0 aliphatic carbocycles. The highest BCUT2D eigenvalue weighted by molar-refractivity contribution is 5.40. The summed E-state index contributed by atoms with van der Waals surface area (Å²) >= 11 is 0. The van der Waals surface area contributed by atoms with E-state index in [2.05, 4.69) is 72.9 Å². The number of hydrogen-bond acceptors (Lipinski definition) is 1. The standard InChI is InChI=1S/C18H21N/c1-15-14-18(12-13-19-15,16-8-4-2-5-9-16)17-10-6-3-7-11-17/h2-11,15,19H,12-14H2,1H3. The molecule has 0 aromatic heterocycles. The van der Waals surface area contributed by atoms with Crippen LogP contribution < -0.4 is 5.32 Å². The van der Waals surface area contributed by atoms with Crippen molar-refractivity contribution >= 4 is 0 Å². The van der Waals surface area contributed by atoms with Gasteiger partial charge in [-0.25, -0.2) is 0 Å². The van der Waals surface area contributed by atoms with Crippen LogP contribution >= 0.6 is 0 Å². The van der Waals surface area contributed by atoms with Crippen molar-refractivity contribution < 1.29 is 0 Å². The molecule has 1 unspecified atom stereocenters. The number of benzene rings is 2. The van der Waals surface area contributed by atoms with Gasteiger partial charge in [0.05, 0.1) is 0 Å². The summed E-state index contributed by atoms with van der Waals surface area (Å²) in [6.07, 6.45) is 2.34. The second kappa shape index (κ2) is 5.18. The van der Waals surface area contributed by atoms with E-state index in [0.717, 1.165) is 6.54 Å². The molecule has 2 aromatic rings. The van der Waals surface area contributed by atoms with E-state index >= 15 is 0 Å². The molecule has 0 amide bonds. The summed E-state index contributed by atoms with van der Waals surface area (Å²) in [5.41, 5.74) is 3.08. The molecule has 1 heterocycles. The summed E-state index contributed by atoms with van der Waals surface area (Å²) in [5, 5.41) is 3.58. The predicted octanol–water partition coefficient (Wildman–Crippen LogP) is 3.74. The van der Waals surface area contributed by atoms with Gasteiger partial charge in [-0.1, -0.05) is 60.7 Å². The number of nitrogens with one attached hydrogen (secondary N) is 1. The first-order valence-corrected chi connectivity index (χ1v) is 7.16. The van der Waals surface area contributed by atoms with Crippen molar-refractivity contribution in [3.05, 3.63) is 71.8 Å². The molecule has 3 rings (SSSR count). The van der Waals surface area contributed by atoms with Crippen LogP contribution in [0.15, 0.2) is 60.7 Å². The van der Waals surface area contributed by atoms with E-state index in [1.54, 1.807) is 0 Å². The lowest BCUT2D eigenvalue weighted by atomic mass is 9.67. The Morgan fingerprint density at radius 3 is 1.89 bits per heavy atom. The van der Waals surface area contributed by atoms with Gasteiger partial charge in [0.25, 0.3) is 0 Å². The molecule has 19 heavy (non-hydrogen) atoms. The van der Waals surface area contributed by atoms with Gasteiger partial charge in [-0.05, 0) is 37.4 Å². The zero-order valence-corrected chi connectivity index (χ0v) is 11.5. The quantitative estimate of drug-likeness (QED) is 0.857. The van der Waals surface area contributed by atoms with Crippen LogP contribution in [0.25, 0.3) is 0 Å². The predicted molar refractivity (Wildman–Crippen MR) is 80.4 cm³/mol. The largest absolute Gasteiger partial charge is 0.314 e. The average Bonchev–Trinajstić information content (AvgIpc) is 2.49. The third kappa shape index (κ3) is 2.31. The third-order valence-corrected chi connectivity index (χ3v) is 4.35. The summed E-state index contributed by atoms with van der Waals surface area (Å²) in [6, 6.07) is 22.5. The van der Waals surface area contributed by atoms with Crippen molar-refractivity contribution in [1.29, 1.82) is 0 Å². The number of hydrogen-bond donors (Lipinski definition) is 1. The number of piperidine rings is 1. The molecule has 2 aromatic carbocycles. The van der Waals surface area contributed by atoms with Crippen LogP contribution in [0.5, 0.6) is 0 Å². The van der Waals surface area contributed by atoms with E-state index in [1.807, 2.05) is 0 Å². The average molecular weight is 251 g/mol. The van der Waals surface area contributed by atoms with Gasteiger partial charge in [0.1, 0.15) is 0 Å². The summed E-state index contributed by atoms with van der Waals surface area (Å²) in [7, 11) is 0. The number of rotatable bonds is 2. The van der Waals surface area contributed by atoms with Crippen molar-refractivity contribution in [3.63, 3.8) is 0 Å². The van der Waals surface area contributed by atoms with Gasteiger partial charge in [-0.3, -0.25) is 0 Å². The van der Waals surface area contributed by atoms with Crippen molar-refractivity contribution in [2.75, 3.05) is 6.54 Å². The SMILES string of the molecule is CC1CC(c2ccccc2)(c2ccccc2)CCN1. The maximum Gasteiger partial charge on any atom is 0.0229 e. The lowest BCUT2D eigenvalue weighted by Crippen LogP contribution is -2.45. The molecule has 1 aliphatic rings. The Morgan fingerprint density at radius 1 is 0.895 bits per heavy atom. The molecule has 1 heteroatoms. The van der Waals surface area contributed by atoms with Gasteiger partial charge in [-0.15, -0.1) is 0 Å². The second-order valence-corrected chi connectivity index (χ2v) is 5.62. The first-order chi connectivity index (χ1) is 9.31. The van der Waals surface area contributed by atoms with E-state index in [-0.39, 0.29) is 5.41 Å². The minimum absolute atomic E-state index is 0.174. The fourth-order valence-electron chi connectivity index (χ4n) is 3.43. The topological polar surface area (TPSA) is 12.0 Å². The van der Waals surface area contributed by atoms with Crippen LogP contribution in [0, 0.1) is 0 Å². The smallest absolute Gasteiger partial charge is 0.0229 e. The Morgan fingerprint density at radius 2 is 1.42 bits per heavy atom. The lowest BCUT2D eigenvalue weighted by molar-refractivity contribution is 0.305. The summed E-state index contributed by atoms with van der Waals surface area (Å²) in [6.45, 7) is 3.38. The second-order valence-electron chi connectivity index (χ2n) is 5.62. The van der Waals surface area contributed by atoms with E-state index in [0.29, 0.717) is 6.04 Å². The highest BCUT2D eigenvalue weighted by atomic mass is 14.9. The molecule has 0 spiro atoms. The molecular weight excluding hydrogens is 230 g/mol. The van der Waals surface area contributed by atoms with Gasteiger partial charge in [0, 0.05) is 11.5 Å². The first kappa shape index (κ1) is 12.4. The first-order valence-electron chi connectivity index (χ1n) is 7.16. The van der Waals surface area contributed by atoms with Crippen LogP contribution in [0.4, 0.5) is 0 Å². The van der Waals surface area contributed by atoms with Crippen molar-refractivity contribution in [2.45, 2.75) is 31.2 Å². The van der Waals surface area contributed by atoms with E-state index < -0.39 is 0 Å². The summed E-state index contributed by atoms with van der Waals surface area (Å²) < 4.78 is 0. The van der Waals surface area contributed by atoms with Crippen LogP contribution in [-0.2, 0) is 5.41 Å². The maximum atomic E-state index is 3.58. The molecule has 0 bridgehead atoms. The molecular formula is C18H21N. The van der Waals surface area contributed by atoms with Crippen molar-refractivity contribution in [3.8, 4) is 0 Å². The maximum absolute atomic E-state index is 3.58. The van der Waals surface area contributed by atoms with E-state index in [4.69, 9.17) is 0 Å². The monoisotopic (exact) mass is 251 g/mol. The molecule has 1 nitrogen and oxygen atoms in total. The molecule has 1 saturated heterocycles. The lowest BCUT2D eigenvalue weighted by Gasteiger charge is -2.41. The van der Waals surface area contributed by atoms with Crippen LogP contribution in [0.1, 0.15) is 30.9 Å². The van der Waals surface area contributed by atoms with Gasteiger partial charge in [0.15, 0.2) is 0 Å². The Balaban J connectivity index is 2.11. The van der Waals surface area contributed by atoms with Gasteiger partial charge in [-0.2, -0.15) is 0 Å². The van der Waals surface area contributed by atoms with Crippen molar-refractivity contribution in [1.82, 2.24) is 5.32 Å². The molecule has 1 fully saturated rings. The summed E-state index contributed by atoms with van der Waals surface area (Å²) in [4.78, 5) is 0.